The molecular weight excluding hydrogens is 254 g/mol. The van der Waals surface area contributed by atoms with Crippen molar-refractivity contribution in [1.82, 2.24) is 5.16 Å². The van der Waals surface area contributed by atoms with E-state index in [0.29, 0.717) is 0 Å². The molecule has 0 radical (unpaired) electrons. The summed E-state index contributed by atoms with van der Waals surface area (Å²) in [5.74, 6) is -0.144. The molecule has 0 saturated carbocycles. The molecular formula is C16H15NO3. The summed E-state index contributed by atoms with van der Waals surface area (Å²) in [5, 5.41) is 12.7. The number of hydrogen-bond donors (Lipinski definition) is 1. The number of aryl methyl sites for hydroxylation is 1. The van der Waals surface area contributed by atoms with Crippen LogP contribution in [0.4, 0.5) is 0 Å². The Hall–Kier alpha value is -2.62. The summed E-state index contributed by atoms with van der Waals surface area (Å²) in [4.78, 5) is 10.8. The molecule has 4 heteroatoms. The van der Waals surface area contributed by atoms with E-state index in [1.807, 2.05) is 38.1 Å². The second-order valence-electron chi connectivity index (χ2n) is 4.51. The van der Waals surface area contributed by atoms with Gasteiger partial charge >= 0.3 is 5.97 Å². The van der Waals surface area contributed by atoms with Crippen molar-refractivity contribution in [2.75, 3.05) is 0 Å². The van der Waals surface area contributed by atoms with Crippen LogP contribution in [0.5, 0.6) is 0 Å². The first-order valence-electron chi connectivity index (χ1n) is 6.17. The predicted molar refractivity (Wildman–Crippen MR) is 77.3 cm³/mol. The smallest absolute Gasteiger partial charge is 0.335 e. The second kappa shape index (κ2) is 6.02. The van der Waals surface area contributed by atoms with Crippen LogP contribution in [-0.2, 0) is 0 Å². The molecule has 1 aromatic carbocycles. The summed E-state index contributed by atoms with van der Waals surface area (Å²) >= 11 is 0. The Kier molecular flexibility index (Phi) is 4.15. The molecule has 4 nitrogen and oxygen atoms in total. The van der Waals surface area contributed by atoms with Gasteiger partial charge in [0.25, 0.3) is 0 Å². The molecule has 0 aliphatic heterocycles. The number of aromatic carboxylic acids is 1. The number of aromatic nitrogens is 1. The van der Waals surface area contributed by atoms with Crippen LogP contribution in [0.2, 0.25) is 0 Å². The molecule has 0 saturated heterocycles. The lowest BCUT2D eigenvalue weighted by Crippen LogP contribution is -1.94. The lowest BCUT2D eigenvalue weighted by Gasteiger charge is -1.97. The van der Waals surface area contributed by atoms with Crippen LogP contribution in [0.1, 0.15) is 34.3 Å². The van der Waals surface area contributed by atoms with Crippen molar-refractivity contribution in [3.63, 3.8) is 0 Å². The molecule has 0 fully saturated rings. The summed E-state index contributed by atoms with van der Waals surface area (Å²) in [6, 6.07) is 8.59. The van der Waals surface area contributed by atoms with Gasteiger partial charge in [-0.2, -0.15) is 0 Å². The van der Waals surface area contributed by atoms with Crippen molar-refractivity contribution in [2.24, 2.45) is 0 Å². The lowest BCUT2D eigenvalue weighted by molar-refractivity contribution is 0.0697. The second-order valence-corrected chi connectivity index (χ2v) is 4.51. The number of rotatable bonds is 4. The van der Waals surface area contributed by atoms with E-state index < -0.39 is 5.97 Å². The van der Waals surface area contributed by atoms with Gasteiger partial charge in [-0.05, 0) is 37.6 Å². The Labute approximate surface area is 117 Å². The summed E-state index contributed by atoms with van der Waals surface area (Å²) in [6.07, 6.45) is 5.77. The number of nitrogens with zero attached hydrogens (tertiary/aromatic N) is 1. The minimum atomic E-state index is -0.918. The predicted octanol–water partition coefficient (Wildman–Crippen LogP) is 3.80. The Morgan fingerprint density at radius 1 is 1.30 bits per heavy atom. The molecule has 20 heavy (non-hydrogen) atoms. The van der Waals surface area contributed by atoms with Crippen LogP contribution < -0.4 is 0 Å². The molecule has 0 amide bonds. The van der Waals surface area contributed by atoms with Crippen LogP contribution in [0.25, 0.3) is 12.2 Å². The van der Waals surface area contributed by atoms with Gasteiger partial charge in [-0.25, -0.2) is 4.79 Å². The average molecular weight is 269 g/mol. The molecule has 0 unspecified atom stereocenters. The van der Waals surface area contributed by atoms with Gasteiger partial charge in [0.2, 0.25) is 0 Å². The quantitative estimate of drug-likeness (QED) is 0.857. The van der Waals surface area contributed by atoms with Gasteiger partial charge in [0.05, 0.1) is 5.56 Å². The Morgan fingerprint density at radius 2 is 2.00 bits per heavy atom. The van der Waals surface area contributed by atoms with Crippen LogP contribution in [0.15, 0.2) is 46.5 Å². The summed E-state index contributed by atoms with van der Waals surface area (Å²) in [7, 11) is 0. The zero-order chi connectivity index (χ0) is 14.5. The molecule has 1 aromatic heterocycles. The summed E-state index contributed by atoms with van der Waals surface area (Å²) in [5.41, 5.74) is 3.05. The molecule has 0 bridgehead atoms. The number of carboxylic acid groups (broad SMARTS) is 1. The minimum Gasteiger partial charge on any atom is -0.478 e. The van der Waals surface area contributed by atoms with Gasteiger partial charge in [0.1, 0.15) is 11.5 Å². The standard InChI is InChI=1S/C16H15NO3/c1-11(3-8-15-10-12(2)20-17-15)9-13-4-6-14(7-5-13)16(18)19/h3-10H,1-2H3,(H,18,19)/b8-3+,11-9+. The van der Waals surface area contributed by atoms with E-state index in [1.165, 1.54) is 0 Å². The highest BCUT2D eigenvalue weighted by Gasteiger charge is 2.00. The van der Waals surface area contributed by atoms with Crippen molar-refractivity contribution in [2.45, 2.75) is 13.8 Å². The first-order valence-corrected chi connectivity index (χ1v) is 6.17. The number of carboxylic acids is 1. The molecule has 2 rings (SSSR count). The number of carbonyl (C=O) groups is 1. The Morgan fingerprint density at radius 3 is 2.55 bits per heavy atom. The average Bonchev–Trinajstić information content (AvgIpc) is 2.83. The fourth-order valence-electron chi connectivity index (χ4n) is 1.71. The van der Waals surface area contributed by atoms with Crippen molar-refractivity contribution in [1.29, 1.82) is 0 Å². The SMILES string of the molecule is CC(/C=C/c1cc(C)on1)=C\c1ccc(C(=O)O)cc1. The van der Waals surface area contributed by atoms with Gasteiger partial charge in [-0.3, -0.25) is 0 Å². The lowest BCUT2D eigenvalue weighted by atomic mass is 10.1. The highest BCUT2D eigenvalue weighted by Crippen LogP contribution is 2.11. The normalized spacial score (nSPS) is 12.0. The van der Waals surface area contributed by atoms with E-state index in [0.717, 1.165) is 22.6 Å². The van der Waals surface area contributed by atoms with Crippen LogP contribution in [0, 0.1) is 6.92 Å². The molecule has 102 valence electrons. The number of allylic oxidation sites excluding steroid dienone is 2. The molecule has 0 aliphatic carbocycles. The fraction of sp³-hybridized carbons (Fsp3) is 0.125. The minimum absolute atomic E-state index is 0.286. The number of benzene rings is 1. The largest absolute Gasteiger partial charge is 0.478 e. The zero-order valence-corrected chi connectivity index (χ0v) is 11.3. The van der Waals surface area contributed by atoms with E-state index in [4.69, 9.17) is 9.63 Å². The Balaban J connectivity index is 2.09. The molecule has 0 aliphatic rings. The zero-order valence-electron chi connectivity index (χ0n) is 11.3. The maximum atomic E-state index is 10.8. The van der Waals surface area contributed by atoms with Crippen LogP contribution in [0.3, 0.4) is 0 Å². The van der Waals surface area contributed by atoms with Gasteiger partial charge in [0, 0.05) is 6.07 Å². The maximum Gasteiger partial charge on any atom is 0.335 e. The van der Waals surface area contributed by atoms with Crippen molar-refractivity contribution >= 4 is 18.1 Å². The van der Waals surface area contributed by atoms with Crippen LogP contribution in [-0.4, -0.2) is 16.2 Å². The highest BCUT2D eigenvalue weighted by atomic mass is 16.5. The third kappa shape index (κ3) is 3.68. The summed E-state index contributed by atoms with van der Waals surface area (Å²) in [6.45, 7) is 3.81. The van der Waals surface area contributed by atoms with Crippen molar-refractivity contribution < 1.29 is 14.4 Å². The molecule has 1 heterocycles. The molecule has 0 spiro atoms. The van der Waals surface area contributed by atoms with E-state index in [-0.39, 0.29) is 5.56 Å². The highest BCUT2D eigenvalue weighted by molar-refractivity contribution is 5.87. The van der Waals surface area contributed by atoms with Gasteiger partial charge < -0.3 is 9.63 Å². The van der Waals surface area contributed by atoms with Crippen molar-refractivity contribution in [3.8, 4) is 0 Å². The third-order valence-electron chi connectivity index (χ3n) is 2.72. The van der Waals surface area contributed by atoms with Gasteiger partial charge in [0.15, 0.2) is 0 Å². The van der Waals surface area contributed by atoms with Gasteiger partial charge in [-0.1, -0.05) is 35.0 Å². The molecule has 0 atom stereocenters. The molecule has 2 aromatic rings. The molecule has 1 N–H and O–H groups in total. The number of hydrogen-bond acceptors (Lipinski definition) is 3. The first-order chi connectivity index (χ1) is 9.54. The first kappa shape index (κ1) is 13.8. The Bertz CT molecular complexity index is 663. The monoisotopic (exact) mass is 269 g/mol. The maximum absolute atomic E-state index is 10.8. The summed E-state index contributed by atoms with van der Waals surface area (Å²) < 4.78 is 4.97. The van der Waals surface area contributed by atoms with E-state index in [2.05, 4.69) is 5.16 Å². The van der Waals surface area contributed by atoms with Crippen LogP contribution >= 0.6 is 0 Å². The van der Waals surface area contributed by atoms with E-state index >= 15 is 0 Å². The van der Waals surface area contributed by atoms with Gasteiger partial charge in [-0.15, -0.1) is 0 Å². The fourth-order valence-corrected chi connectivity index (χ4v) is 1.71. The van der Waals surface area contributed by atoms with Crippen molar-refractivity contribution in [3.05, 3.63) is 64.6 Å². The van der Waals surface area contributed by atoms with E-state index in [1.54, 1.807) is 24.3 Å². The topological polar surface area (TPSA) is 63.3 Å². The third-order valence-corrected chi connectivity index (χ3v) is 2.72. The van der Waals surface area contributed by atoms with E-state index in [9.17, 15) is 4.79 Å².